The molecule has 2 heterocycles. The van der Waals surface area contributed by atoms with Gasteiger partial charge in [-0.15, -0.1) is 0 Å². The molecular formula is C17H16N6. The molecule has 2 aromatic carbocycles. The Morgan fingerprint density at radius 3 is 2.61 bits per heavy atom. The predicted molar refractivity (Wildman–Crippen MR) is 92.1 cm³/mol. The molecule has 23 heavy (non-hydrogen) atoms. The molecule has 4 aromatic rings. The van der Waals surface area contributed by atoms with Gasteiger partial charge in [0.25, 0.3) is 0 Å². The van der Waals surface area contributed by atoms with E-state index in [-0.39, 0.29) is 0 Å². The zero-order valence-electron chi connectivity index (χ0n) is 12.6. The number of aryl methyl sites for hydroxylation is 1. The Hall–Kier alpha value is -3.28. The third-order valence-electron chi connectivity index (χ3n) is 3.99. The molecule has 2 aromatic heterocycles. The van der Waals surface area contributed by atoms with Crippen LogP contribution in [0.15, 0.2) is 54.7 Å². The van der Waals surface area contributed by atoms with Gasteiger partial charge in [0.1, 0.15) is 5.82 Å². The minimum absolute atomic E-state index is 0.461. The number of nitrogen functional groups attached to an aromatic ring is 2. The normalized spacial score (nSPS) is 11.2. The average Bonchev–Trinajstić information content (AvgIpc) is 3.07. The molecule has 0 saturated heterocycles. The molecule has 0 bridgehead atoms. The Balaban J connectivity index is 1.91. The number of imidazole rings is 1. The van der Waals surface area contributed by atoms with Crippen molar-refractivity contribution in [1.82, 2.24) is 19.3 Å². The van der Waals surface area contributed by atoms with Crippen LogP contribution in [0.2, 0.25) is 0 Å². The zero-order valence-corrected chi connectivity index (χ0v) is 12.6. The molecule has 114 valence electrons. The zero-order chi connectivity index (χ0) is 16.0. The molecule has 0 spiro atoms. The molecule has 0 unspecified atom stereocenters. The number of anilines is 2. The van der Waals surface area contributed by atoms with Crippen molar-refractivity contribution in [2.24, 2.45) is 7.05 Å². The van der Waals surface area contributed by atoms with Gasteiger partial charge in [0, 0.05) is 18.3 Å². The maximum atomic E-state index is 6.12. The first-order chi connectivity index (χ1) is 11.1. The highest BCUT2D eigenvalue weighted by Crippen LogP contribution is 2.29. The molecule has 0 aliphatic heterocycles. The summed E-state index contributed by atoms with van der Waals surface area (Å²) >= 11 is 0. The second-order valence-electron chi connectivity index (χ2n) is 5.41. The van der Waals surface area contributed by atoms with Crippen molar-refractivity contribution in [3.05, 3.63) is 54.7 Å². The monoisotopic (exact) mass is 304 g/mol. The number of rotatable bonds is 2. The number of fused-ring (bicyclic) bond motifs is 1. The van der Waals surface area contributed by atoms with Crippen LogP contribution >= 0.6 is 0 Å². The third kappa shape index (κ3) is 2.03. The molecule has 0 aliphatic rings. The van der Waals surface area contributed by atoms with Crippen molar-refractivity contribution in [2.45, 2.75) is 0 Å². The van der Waals surface area contributed by atoms with Gasteiger partial charge < -0.3 is 11.5 Å². The number of hydrogen-bond donors (Lipinski definition) is 2. The van der Waals surface area contributed by atoms with Crippen LogP contribution in [0, 0.1) is 0 Å². The summed E-state index contributed by atoms with van der Waals surface area (Å²) < 4.78 is 3.59. The van der Waals surface area contributed by atoms with E-state index in [1.807, 2.05) is 60.1 Å². The first kappa shape index (κ1) is 13.4. The number of nitrogens with zero attached hydrogens (tertiary/aromatic N) is 4. The third-order valence-corrected chi connectivity index (χ3v) is 3.99. The summed E-state index contributed by atoms with van der Waals surface area (Å²) in [5, 5.41) is 4.20. The van der Waals surface area contributed by atoms with Gasteiger partial charge in [0.2, 0.25) is 5.95 Å². The molecule has 0 amide bonds. The van der Waals surface area contributed by atoms with Crippen LogP contribution in [0.3, 0.4) is 0 Å². The summed E-state index contributed by atoms with van der Waals surface area (Å²) in [7, 11) is 1.82. The molecular weight excluding hydrogens is 288 g/mol. The van der Waals surface area contributed by atoms with Crippen LogP contribution in [0.1, 0.15) is 0 Å². The van der Waals surface area contributed by atoms with E-state index in [9.17, 15) is 0 Å². The SMILES string of the molecule is Cn1ncc(-c2cccc(-n3c(N)nc4ccccc43)c2)c1N. The van der Waals surface area contributed by atoms with Crippen molar-refractivity contribution < 1.29 is 0 Å². The summed E-state index contributed by atoms with van der Waals surface area (Å²) in [6, 6.07) is 15.9. The standard InChI is InChI=1S/C17H16N6/c1-22-16(18)13(10-20-22)11-5-4-6-12(9-11)23-15-8-3-2-7-14(15)21-17(23)19/h2-10H,18H2,1H3,(H2,19,21). The maximum absolute atomic E-state index is 6.12. The molecule has 4 rings (SSSR count). The minimum Gasteiger partial charge on any atom is -0.383 e. The fourth-order valence-electron chi connectivity index (χ4n) is 2.80. The Morgan fingerprint density at radius 2 is 1.83 bits per heavy atom. The van der Waals surface area contributed by atoms with Gasteiger partial charge in [0.05, 0.1) is 17.2 Å². The Kier molecular flexibility index (Phi) is 2.84. The van der Waals surface area contributed by atoms with Gasteiger partial charge in [-0.25, -0.2) is 4.98 Å². The lowest BCUT2D eigenvalue weighted by atomic mass is 10.1. The highest BCUT2D eigenvalue weighted by Gasteiger charge is 2.12. The van der Waals surface area contributed by atoms with Crippen molar-refractivity contribution in [3.8, 4) is 16.8 Å². The summed E-state index contributed by atoms with van der Waals surface area (Å²) in [5.41, 5.74) is 16.9. The first-order valence-corrected chi connectivity index (χ1v) is 7.26. The predicted octanol–water partition coefficient (Wildman–Crippen LogP) is 2.59. The topological polar surface area (TPSA) is 87.7 Å². The van der Waals surface area contributed by atoms with E-state index in [1.165, 1.54) is 0 Å². The molecule has 0 radical (unpaired) electrons. The molecule has 4 N–H and O–H groups in total. The highest BCUT2D eigenvalue weighted by atomic mass is 15.3. The molecule has 0 fully saturated rings. The largest absolute Gasteiger partial charge is 0.383 e. The molecule has 6 nitrogen and oxygen atoms in total. The molecule has 0 atom stereocenters. The summed E-state index contributed by atoms with van der Waals surface area (Å²) in [5.74, 6) is 1.09. The first-order valence-electron chi connectivity index (χ1n) is 7.26. The van der Waals surface area contributed by atoms with Gasteiger partial charge in [-0.1, -0.05) is 24.3 Å². The fraction of sp³-hybridized carbons (Fsp3) is 0.0588. The Morgan fingerprint density at radius 1 is 1.00 bits per heavy atom. The Bertz CT molecular complexity index is 1010. The highest BCUT2D eigenvalue weighted by molar-refractivity contribution is 5.82. The van der Waals surface area contributed by atoms with E-state index in [2.05, 4.69) is 10.1 Å². The molecule has 0 saturated carbocycles. The van der Waals surface area contributed by atoms with E-state index in [0.717, 1.165) is 27.8 Å². The smallest absolute Gasteiger partial charge is 0.205 e. The quantitative estimate of drug-likeness (QED) is 0.596. The second kappa shape index (κ2) is 4.88. The fourth-order valence-corrected chi connectivity index (χ4v) is 2.80. The summed E-state index contributed by atoms with van der Waals surface area (Å²) in [6.45, 7) is 0. The van der Waals surface area contributed by atoms with Crippen LogP contribution in [-0.4, -0.2) is 19.3 Å². The van der Waals surface area contributed by atoms with Gasteiger partial charge in [-0.05, 0) is 29.8 Å². The number of para-hydroxylation sites is 2. The van der Waals surface area contributed by atoms with Crippen molar-refractivity contribution in [1.29, 1.82) is 0 Å². The second-order valence-corrected chi connectivity index (χ2v) is 5.41. The van der Waals surface area contributed by atoms with Crippen LogP contribution in [0.4, 0.5) is 11.8 Å². The summed E-state index contributed by atoms with van der Waals surface area (Å²) in [6.07, 6.45) is 1.77. The molecule has 0 aliphatic carbocycles. The van der Waals surface area contributed by atoms with E-state index in [0.29, 0.717) is 11.8 Å². The van der Waals surface area contributed by atoms with Gasteiger partial charge in [-0.2, -0.15) is 5.10 Å². The summed E-state index contributed by atoms with van der Waals surface area (Å²) in [4.78, 5) is 4.41. The minimum atomic E-state index is 0.461. The van der Waals surface area contributed by atoms with Crippen molar-refractivity contribution >= 4 is 22.8 Å². The number of benzene rings is 2. The van der Waals surface area contributed by atoms with Gasteiger partial charge >= 0.3 is 0 Å². The number of hydrogen-bond acceptors (Lipinski definition) is 4. The van der Waals surface area contributed by atoms with Crippen LogP contribution in [0.5, 0.6) is 0 Å². The lowest BCUT2D eigenvalue weighted by molar-refractivity contribution is 0.779. The van der Waals surface area contributed by atoms with Crippen LogP contribution in [0.25, 0.3) is 27.8 Å². The molecule has 6 heteroatoms. The van der Waals surface area contributed by atoms with Crippen molar-refractivity contribution in [3.63, 3.8) is 0 Å². The van der Waals surface area contributed by atoms with E-state index in [4.69, 9.17) is 11.5 Å². The lowest BCUT2D eigenvalue weighted by Crippen LogP contribution is -2.01. The number of aromatic nitrogens is 4. The van der Waals surface area contributed by atoms with Gasteiger partial charge in [0.15, 0.2) is 0 Å². The van der Waals surface area contributed by atoms with Gasteiger partial charge in [-0.3, -0.25) is 9.25 Å². The maximum Gasteiger partial charge on any atom is 0.205 e. The lowest BCUT2D eigenvalue weighted by Gasteiger charge is -2.09. The average molecular weight is 304 g/mol. The van der Waals surface area contributed by atoms with Crippen LogP contribution < -0.4 is 11.5 Å². The number of nitrogens with two attached hydrogens (primary N) is 2. The van der Waals surface area contributed by atoms with E-state index in [1.54, 1.807) is 10.9 Å². The van der Waals surface area contributed by atoms with Crippen LogP contribution in [-0.2, 0) is 7.05 Å². The van der Waals surface area contributed by atoms with Crippen molar-refractivity contribution in [2.75, 3.05) is 11.5 Å². The van der Waals surface area contributed by atoms with E-state index >= 15 is 0 Å². The Labute approximate surface area is 133 Å². The van der Waals surface area contributed by atoms with E-state index < -0.39 is 0 Å².